The number of urea groups is 1. The zero-order chi connectivity index (χ0) is 25.9. The molecule has 2 saturated heterocycles. The van der Waals surface area contributed by atoms with E-state index >= 15 is 0 Å². The molecule has 2 aromatic rings. The maximum Gasteiger partial charge on any atom is 0.334 e. The van der Waals surface area contributed by atoms with Crippen LogP contribution in [-0.4, -0.2) is 89.7 Å². The van der Waals surface area contributed by atoms with Gasteiger partial charge in [0, 0.05) is 19.6 Å². The average Bonchev–Trinajstić information content (AvgIpc) is 3.60. The summed E-state index contributed by atoms with van der Waals surface area (Å²) in [6, 6.07) is 6.47. The van der Waals surface area contributed by atoms with Gasteiger partial charge in [-0.1, -0.05) is 17.3 Å². The van der Waals surface area contributed by atoms with Crippen LogP contribution < -0.4 is 15.0 Å². The van der Waals surface area contributed by atoms with E-state index < -0.39 is 17.8 Å². The number of benzene rings is 1. The first-order valence-corrected chi connectivity index (χ1v) is 12.2. The summed E-state index contributed by atoms with van der Waals surface area (Å²) in [5.41, 5.74) is 0.579. The number of methoxy groups -OCH3 is 1. The molecule has 1 atom stereocenters. The van der Waals surface area contributed by atoms with Gasteiger partial charge in [-0.05, 0) is 30.9 Å². The van der Waals surface area contributed by atoms with E-state index in [9.17, 15) is 19.2 Å². The number of aromatic nitrogens is 2. The second-order valence-corrected chi connectivity index (χ2v) is 9.19. The van der Waals surface area contributed by atoms with E-state index in [0.29, 0.717) is 24.6 Å². The highest BCUT2D eigenvalue weighted by Crippen LogP contribution is 2.31. The molecule has 0 spiro atoms. The Balaban J connectivity index is 1.28. The van der Waals surface area contributed by atoms with Crippen LogP contribution in [0.2, 0.25) is 0 Å². The zero-order valence-electron chi connectivity index (χ0n) is 20.4. The third kappa shape index (κ3) is 5.47. The molecule has 13 heteroatoms. The van der Waals surface area contributed by atoms with Gasteiger partial charge in [0.2, 0.25) is 11.8 Å². The molecule has 0 unspecified atom stereocenters. The minimum atomic E-state index is -0.926. The number of amides is 5. The fourth-order valence-electron chi connectivity index (χ4n) is 4.33. The summed E-state index contributed by atoms with van der Waals surface area (Å²) >= 11 is 0. The number of para-hydroxylation sites is 2. The maximum absolute atomic E-state index is 13.4. The van der Waals surface area contributed by atoms with Crippen LogP contribution in [0.3, 0.4) is 0 Å². The zero-order valence-corrected chi connectivity index (χ0v) is 20.4. The number of nitrogens with zero attached hydrogens (tertiary/aromatic N) is 5. The Morgan fingerprint density at radius 1 is 1.19 bits per heavy atom. The number of hydrogen-bond donors (Lipinski definition) is 1. The lowest BCUT2D eigenvalue weighted by Gasteiger charge is -2.31. The van der Waals surface area contributed by atoms with Crippen molar-refractivity contribution in [2.75, 3.05) is 44.8 Å². The van der Waals surface area contributed by atoms with Gasteiger partial charge >= 0.3 is 17.8 Å². The molecule has 3 heterocycles. The molecule has 1 aromatic heterocycles. The third-order valence-corrected chi connectivity index (χ3v) is 6.45. The summed E-state index contributed by atoms with van der Waals surface area (Å²) in [6.07, 6.45) is 1.45. The van der Waals surface area contributed by atoms with Gasteiger partial charge in [0.1, 0.15) is 12.3 Å². The Kier molecular flexibility index (Phi) is 7.15. The molecule has 196 valence electrons. The standard InChI is InChI=1S/C24H28N6O7/c1-35-18-5-3-2-4-17(18)28(13-16-11-25-8-9-36-16)21(31)10-19-26-20(37-27-19)14-30-23(33)22(32)29(24(30)34)12-15-6-7-15/h2-5,15-16,25H,6-14H2,1H3/t16-/m0/s1. The number of imide groups is 2. The van der Waals surface area contributed by atoms with Crippen LogP contribution in [0.4, 0.5) is 10.5 Å². The number of rotatable bonds is 10. The number of hydrogen-bond acceptors (Lipinski definition) is 10. The van der Waals surface area contributed by atoms with Crippen molar-refractivity contribution >= 4 is 29.4 Å². The molecule has 13 nitrogen and oxygen atoms in total. The van der Waals surface area contributed by atoms with Crippen LogP contribution in [-0.2, 0) is 32.1 Å². The highest BCUT2D eigenvalue weighted by molar-refractivity contribution is 6.44. The number of carbonyl (C=O) groups is 4. The van der Waals surface area contributed by atoms with Gasteiger partial charge in [-0.2, -0.15) is 4.98 Å². The Labute approximate surface area is 212 Å². The topological polar surface area (TPSA) is 147 Å². The van der Waals surface area contributed by atoms with Gasteiger partial charge < -0.3 is 24.2 Å². The van der Waals surface area contributed by atoms with E-state index in [2.05, 4.69) is 15.5 Å². The SMILES string of the molecule is COc1ccccc1N(C[C@@H]1CNCCO1)C(=O)Cc1noc(CN2C(=O)C(=O)N(CC3CC3)C2=O)n1. The summed E-state index contributed by atoms with van der Waals surface area (Å²) in [5, 5.41) is 7.11. The van der Waals surface area contributed by atoms with Crippen LogP contribution in [0.25, 0.3) is 0 Å². The van der Waals surface area contributed by atoms with Gasteiger partial charge in [-0.25, -0.2) is 9.69 Å². The number of ether oxygens (including phenoxy) is 2. The van der Waals surface area contributed by atoms with Crippen LogP contribution in [0.1, 0.15) is 24.6 Å². The average molecular weight is 513 g/mol. The van der Waals surface area contributed by atoms with Crippen molar-refractivity contribution in [3.63, 3.8) is 0 Å². The monoisotopic (exact) mass is 512 g/mol. The highest BCUT2D eigenvalue weighted by Gasteiger charge is 2.46. The molecule has 2 aliphatic heterocycles. The molecular weight excluding hydrogens is 484 g/mol. The molecule has 1 aromatic carbocycles. The van der Waals surface area contributed by atoms with Crippen molar-refractivity contribution in [3.05, 3.63) is 36.0 Å². The van der Waals surface area contributed by atoms with Gasteiger partial charge in [0.05, 0.1) is 38.5 Å². The van der Waals surface area contributed by atoms with E-state index in [1.165, 1.54) is 7.11 Å². The number of morpholine rings is 1. The van der Waals surface area contributed by atoms with Crippen molar-refractivity contribution in [1.29, 1.82) is 0 Å². The predicted molar refractivity (Wildman–Crippen MR) is 126 cm³/mol. The quantitative estimate of drug-likeness (QED) is 0.349. The summed E-state index contributed by atoms with van der Waals surface area (Å²) in [7, 11) is 1.53. The Morgan fingerprint density at radius 2 is 1.97 bits per heavy atom. The van der Waals surface area contributed by atoms with E-state index in [-0.39, 0.29) is 55.7 Å². The normalized spacial score (nSPS) is 20.0. The molecule has 1 saturated carbocycles. The lowest BCUT2D eigenvalue weighted by atomic mass is 10.2. The molecule has 1 N–H and O–H groups in total. The maximum atomic E-state index is 13.4. The summed E-state index contributed by atoms with van der Waals surface area (Å²) in [4.78, 5) is 58.1. The van der Waals surface area contributed by atoms with E-state index in [0.717, 1.165) is 29.2 Å². The van der Waals surface area contributed by atoms with Crippen LogP contribution in [0.15, 0.2) is 28.8 Å². The molecule has 3 aliphatic rings. The Morgan fingerprint density at radius 3 is 2.70 bits per heavy atom. The van der Waals surface area contributed by atoms with Crippen LogP contribution in [0, 0.1) is 5.92 Å². The molecular formula is C24H28N6O7. The molecule has 37 heavy (non-hydrogen) atoms. The highest BCUT2D eigenvalue weighted by atomic mass is 16.5. The fourth-order valence-corrected chi connectivity index (χ4v) is 4.33. The number of anilines is 1. The summed E-state index contributed by atoms with van der Waals surface area (Å²) < 4.78 is 16.5. The molecule has 3 fully saturated rings. The van der Waals surface area contributed by atoms with Crippen LogP contribution in [0.5, 0.6) is 5.75 Å². The van der Waals surface area contributed by atoms with E-state index in [4.69, 9.17) is 14.0 Å². The molecule has 5 amide bonds. The van der Waals surface area contributed by atoms with Gasteiger partial charge in [0.25, 0.3) is 0 Å². The summed E-state index contributed by atoms with van der Waals surface area (Å²) in [6.45, 7) is 2.07. The van der Waals surface area contributed by atoms with Crippen molar-refractivity contribution in [2.24, 2.45) is 5.92 Å². The second kappa shape index (κ2) is 10.6. The largest absolute Gasteiger partial charge is 0.495 e. The third-order valence-electron chi connectivity index (χ3n) is 6.45. The molecule has 0 radical (unpaired) electrons. The lowest BCUT2D eigenvalue weighted by Crippen LogP contribution is -2.47. The number of carbonyl (C=O) groups excluding carboxylic acids is 4. The first-order chi connectivity index (χ1) is 17.9. The number of nitrogens with one attached hydrogen (secondary N) is 1. The molecule has 0 bridgehead atoms. The van der Waals surface area contributed by atoms with Crippen molar-refractivity contribution in [3.8, 4) is 5.75 Å². The molecule has 5 rings (SSSR count). The first kappa shape index (κ1) is 24.8. The first-order valence-electron chi connectivity index (χ1n) is 12.2. The van der Waals surface area contributed by atoms with Crippen molar-refractivity contribution in [2.45, 2.75) is 31.9 Å². The van der Waals surface area contributed by atoms with Crippen molar-refractivity contribution < 1.29 is 33.2 Å². The van der Waals surface area contributed by atoms with E-state index in [1.54, 1.807) is 17.0 Å². The Hall–Kier alpha value is -3.84. The smallest absolute Gasteiger partial charge is 0.334 e. The fraction of sp³-hybridized carbons (Fsp3) is 0.500. The van der Waals surface area contributed by atoms with Gasteiger partial charge in [-0.3, -0.25) is 19.3 Å². The van der Waals surface area contributed by atoms with E-state index in [1.807, 2.05) is 12.1 Å². The predicted octanol–water partition coefficient (Wildman–Crippen LogP) is 0.343. The molecule has 1 aliphatic carbocycles. The second-order valence-electron chi connectivity index (χ2n) is 9.19. The Bertz CT molecular complexity index is 1190. The minimum absolute atomic E-state index is 0.0470. The minimum Gasteiger partial charge on any atom is -0.495 e. The van der Waals surface area contributed by atoms with Gasteiger partial charge in [-0.15, -0.1) is 0 Å². The summed E-state index contributed by atoms with van der Waals surface area (Å²) in [5.74, 6) is -1.27. The van der Waals surface area contributed by atoms with Crippen LogP contribution >= 0.6 is 0 Å². The van der Waals surface area contributed by atoms with Crippen molar-refractivity contribution in [1.82, 2.24) is 25.3 Å². The lowest BCUT2D eigenvalue weighted by molar-refractivity contribution is -0.143. The van der Waals surface area contributed by atoms with Gasteiger partial charge in [0.15, 0.2) is 5.82 Å².